The van der Waals surface area contributed by atoms with Gasteiger partial charge in [0.1, 0.15) is 5.75 Å². The molecule has 0 spiro atoms. The molecular weight excluding hydrogens is 340 g/mol. The van der Waals surface area contributed by atoms with Gasteiger partial charge in [-0.05, 0) is 43.4 Å². The number of amides is 1. The largest absolute Gasteiger partial charge is 0.494 e. The number of anilines is 1. The predicted octanol–water partition coefficient (Wildman–Crippen LogP) is 3.41. The molecule has 2 aromatic carbocycles. The van der Waals surface area contributed by atoms with E-state index in [4.69, 9.17) is 9.47 Å². The Morgan fingerprint density at radius 1 is 1.15 bits per heavy atom. The van der Waals surface area contributed by atoms with E-state index in [-0.39, 0.29) is 18.6 Å². The first-order valence-electron chi connectivity index (χ1n) is 9.68. The fourth-order valence-electron chi connectivity index (χ4n) is 3.08. The molecule has 2 aromatic rings. The van der Waals surface area contributed by atoms with Crippen molar-refractivity contribution >= 4 is 11.6 Å². The molecule has 1 unspecified atom stereocenters. The number of hydrogen-bond acceptors (Lipinski definition) is 4. The summed E-state index contributed by atoms with van der Waals surface area (Å²) >= 11 is 0. The molecule has 0 saturated carbocycles. The second-order valence-corrected chi connectivity index (χ2v) is 6.76. The zero-order valence-corrected chi connectivity index (χ0v) is 15.7. The summed E-state index contributed by atoms with van der Waals surface area (Å²) in [5.41, 5.74) is 2.20. The average molecular weight is 368 g/mol. The van der Waals surface area contributed by atoms with Crippen LogP contribution in [0.5, 0.6) is 5.75 Å². The highest BCUT2D eigenvalue weighted by Gasteiger charge is 2.15. The summed E-state index contributed by atoms with van der Waals surface area (Å²) in [4.78, 5) is 11.9. The van der Waals surface area contributed by atoms with Crippen LogP contribution in [0.1, 0.15) is 24.8 Å². The van der Waals surface area contributed by atoms with Crippen LogP contribution in [0.3, 0.4) is 0 Å². The third-order valence-corrected chi connectivity index (χ3v) is 4.56. The maximum atomic E-state index is 11.9. The molecular formula is C22H28N2O3. The quantitative estimate of drug-likeness (QED) is 0.631. The Bertz CT molecular complexity index is 700. The summed E-state index contributed by atoms with van der Waals surface area (Å²) in [5.74, 6) is 0.785. The molecule has 1 atom stereocenters. The lowest BCUT2D eigenvalue weighted by Crippen LogP contribution is -2.35. The summed E-state index contributed by atoms with van der Waals surface area (Å²) in [6, 6.07) is 18.1. The van der Waals surface area contributed by atoms with Crippen molar-refractivity contribution in [3.05, 3.63) is 60.2 Å². The van der Waals surface area contributed by atoms with Gasteiger partial charge in [-0.2, -0.15) is 0 Å². The summed E-state index contributed by atoms with van der Waals surface area (Å²) in [6.07, 6.45) is 4.24. The van der Waals surface area contributed by atoms with Gasteiger partial charge in [-0.15, -0.1) is 0 Å². The Labute approximate surface area is 161 Å². The van der Waals surface area contributed by atoms with Crippen molar-refractivity contribution in [2.24, 2.45) is 0 Å². The fraction of sp³-hybridized carbons (Fsp3) is 0.409. The Morgan fingerprint density at radius 3 is 2.85 bits per heavy atom. The Morgan fingerprint density at radius 2 is 2.04 bits per heavy atom. The first-order chi connectivity index (χ1) is 13.3. The highest BCUT2D eigenvalue weighted by Crippen LogP contribution is 2.17. The van der Waals surface area contributed by atoms with Gasteiger partial charge in [0.25, 0.3) is 0 Å². The minimum atomic E-state index is -0.0281. The van der Waals surface area contributed by atoms with E-state index in [0.717, 1.165) is 43.7 Å². The van der Waals surface area contributed by atoms with E-state index in [2.05, 4.69) is 34.9 Å². The van der Waals surface area contributed by atoms with Crippen LogP contribution in [0.15, 0.2) is 54.6 Å². The van der Waals surface area contributed by atoms with Crippen molar-refractivity contribution in [2.45, 2.75) is 31.8 Å². The second-order valence-electron chi connectivity index (χ2n) is 6.76. The molecule has 1 heterocycles. The van der Waals surface area contributed by atoms with Gasteiger partial charge in [0, 0.05) is 24.9 Å². The molecule has 1 saturated heterocycles. The minimum Gasteiger partial charge on any atom is -0.494 e. The summed E-state index contributed by atoms with van der Waals surface area (Å²) in [5, 5.41) is 6.05. The maximum absolute atomic E-state index is 11.9. The van der Waals surface area contributed by atoms with Crippen molar-refractivity contribution in [3.63, 3.8) is 0 Å². The summed E-state index contributed by atoms with van der Waals surface area (Å²) < 4.78 is 11.3. The van der Waals surface area contributed by atoms with Crippen molar-refractivity contribution < 1.29 is 14.3 Å². The topological polar surface area (TPSA) is 59.6 Å². The van der Waals surface area contributed by atoms with Crippen molar-refractivity contribution in [2.75, 3.05) is 31.6 Å². The van der Waals surface area contributed by atoms with E-state index in [1.807, 2.05) is 30.3 Å². The van der Waals surface area contributed by atoms with Gasteiger partial charge in [0.2, 0.25) is 5.91 Å². The smallest absolute Gasteiger partial charge is 0.239 e. The molecule has 5 heteroatoms. The first kappa shape index (κ1) is 19.2. The van der Waals surface area contributed by atoms with E-state index < -0.39 is 0 Å². The molecule has 0 aliphatic carbocycles. The van der Waals surface area contributed by atoms with E-state index >= 15 is 0 Å². The molecule has 0 radical (unpaired) electrons. The summed E-state index contributed by atoms with van der Waals surface area (Å²) in [6.45, 7) is 2.30. The molecule has 1 aliphatic heterocycles. The Hall–Kier alpha value is -2.53. The first-order valence-corrected chi connectivity index (χ1v) is 9.68. The molecule has 27 heavy (non-hydrogen) atoms. The molecule has 0 bridgehead atoms. The van der Waals surface area contributed by atoms with Crippen LogP contribution in [0.25, 0.3) is 0 Å². The number of aryl methyl sites for hydroxylation is 1. The highest BCUT2D eigenvalue weighted by atomic mass is 16.5. The number of carbonyl (C=O) groups is 1. The fourth-order valence-corrected chi connectivity index (χ4v) is 3.08. The predicted molar refractivity (Wildman–Crippen MR) is 107 cm³/mol. The number of rotatable bonds is 10. The molecule has 2 N–H and O–H groups in total. The van der Waals surface area contributed by atoms with Gasteiger partial charge in [0.15, 0.2) is 0 Å². The minimum absolute atomic E-state index is 0.0281. The maximum Gasteiger partial charge on any atom is 0.239 e. The van der Waals surface area contributed by atoms with Crippen molar-refractivity contribution in [3.8, 4) is 5.75 Å². The third-order valence-electron chi connectivity index (χ3n) is 4.56. The highest BCUT2D eigenvalue weighted by molar-refractivity contribution is 5.80. The Balaban J connectivity index is 1.34. The molecule has 1 amide bonds. The van der Waals surface area contributed by atoms with Gasteiger partial charge in [0.05, 0.1) is 19.3 Å². The molecule has 3 rings (SSSR count). The van der Waals surface area contributed by atoms with Gasteiger partial charge >= 0.3 is 0 Å². The summed E-state index contributed by atoms with van der Waals surface area (Å²) in [7, 11) is 0. The normalized spacial score (nSPS) is 16.1. The molecule has 1 fully saturated rings. The lowest BCUT2D eigenvalue weighted by Gasteiger charge is -2.12. The lowest BCUT2D eigenvalue weighted by atomic mass is 10.1. The second kappa shape index (κ2) is 10.6. The number of hydrogen-bond donors (Lipinski definition) is 2. The monoisotopic (exact) mass is 368 g/mol. The lowest BCUT2D eigenvalue weighted by molar-refractivity contribution is -0.119. The van der Waals surface area contributed by atoms with Crippen LogP contribution >= 0.6 is 0 Å². The van der Waals surface area contributed by atoms with E-state index in [0.29, 0.717) is 13.2 Å². The Kier molecular flexibility index (Phi) is 7.54. The molecule has 144 valence electrons. The zero-order chi connectivity index (χ0) is 18.7. The zero-order valence-electron chi connectivity index (χ0n) is 15.7. The van der Waals surface area contributed by atoms with Crippen molar-refractivity contribution in [1.29, 1.82) is 0 Å². The van der Waals surface area contributed by atoms with E-state index in [9.17, 15) is 4.79 Å². The van der Waals surface area contributed by atoms with Crippen LogP contribution in [0, 0.1) is 0 Å². The van der Waals surface area contributed by atoms with Gasteiger partial charge in [-0.1, -0.05) is 36.4 Å². The van der Waals surface area contributed by atoms with Gasteiger partial charge in [-0.3, -0.25) is 4.79 Å². The molecule has 0 aromatic heterocycles. The number of nitrogens with one attached hydrogen (secondary N) is 2. The van der Waals surface area contributed by atoms with E-state index in [1.165, 1.54) is 5.56 Å². The number of ether oxygens (including phenoxy) is 2. The number of benzene rings is 2. The molecule has 5 nitrogen and oxygen atoms in total. The third kappa shape index (κ3) is 6.94. The van der Waals surface area contributed by atoms with E-state index in [1.54, 1.807) is 0 Å². The van der Waals surface area contributed by atoms with Crippen LogP contribution in [0.2, 0.25) is 0 Å². The van der Waals surface area contributed by atoms with Crippen LogP contribution in [-0.4, -0.2) is 38.3 Å². The van der Waals surface area contributed by atoms with Crippen LogP contribution in [-0.2, 0) is 16.0 Å². The average Bonchev–Trinajstić information content (AvgIpc) is 3.23. The van der Waals surface area contributed by atoms with Crippen LogP contribution in [0.4, 0.5) is 5.69 Å². The molecule has 1 aliphatic rings. The SMILES string of the molecule is O=C(CNc1cccc(OCCCc2ccccc2)c1)NCC1CCCO1. The number of carbonyl (C=O) groups excluding carboxylic acids is 1. The standard InChI is InChI=1S/C22H28N2O3/c25-22(24-16-21-12-6-14-27-21)17-23-19-10-4-11-20(15-19)26-13-5-9-18-7-2-1-3-8-18/h1-4,7-8,10-11,15,21,23H,5-6,9,12-14,16-17H2,(H,24,25). The van der Waals surface area contributed by atoms with Crippen LogP contribution < -0.4 is 15.4 Å². The van der Waals surface area contributed by atoms with Crippen molar-refractivity contribution in [1.82, 2.24) is 5.32 Å². The van der Waals surface area contributed by atoms with Gasteiger partial charge in [-0.25, -0.2) is 0 Å². The van der Waals surface area contributed by atoms with Gasteiger partial charge < -0.3 is 20.1 Å².